The Kier molecular flexibility index (Phi) is 5.79. The number of benzene rings is 1. The minimum atomic E-state index is -0.180. The van der Waals surface area contributed by atoms with Gasteiger partial charge in [0.1, 0.15) is 6.61 Å². The average Bonchev–Trinajstić information content (AvgIpc) is 2.42. The van der Waals surface area contributed by atoms with Crippen LogP contribution in [0.3, 0.4) is 0 Å². The Morgan fingerprint density at radius 3 is 2.65 bits per heavy atom. The van der Waals surface area contributed by atoms with Gasteiger partial charge in [0.2, 0.25) is 0 Å². The van der Waals surface area contributed by atoms with Gasteiger partial charge in [0.05, 0.1) is 0 Å². The third-order valence-electron chi connectivity index (χ3n) is 3.34. The molecule has 0 fully saturated rings. The van der Waals surface area contributed by atoms with Gasteiger partial charge in [-0.1, -0.05) is 32.6 Å². The summed E-state index contributed by atoms with van der Waals surface area (Å²) in [6.07, 6.45) is 1.01. The zero-order valence-corrected chi connectivity index (χ0v) is 12.7. The monoisotopic (exact) mass is 273 g/mol. The molecule has 20 heavy (non-hydrogen) atoms. The van der Waals surface area contributed by atoms with E-state index in [4.69, 9.17) is 5.11 Å². The maximum absolute atomic E-state index is 12.2. The highest BCUT2D eigenvalue weighted by Crippen LogP contribution is 2.18. The zero-order chi connectivity index (χ0) is 15.2. The lowest BCUT2D eigenvalue weighted by atomic mass is 9.90. The van der Waals surface area contributed by atoms with Crippen LogP contribution in [0.25, 0.3) is 0 Å². The van der Waals surface area contributed by atoms with E-state index < -0.39 is 0 Å². The molecular formula is C17H23NO2. The van der Waals surface area contributed by atoms with Crippen LogP contribution in [0.5, 0.6) is 0 Å². The molecule has 0 saturated carbocycles. The van der Waals surface area contributed by atoms with Gasteiger partial charge in [-0.15, -0.1) is 0 Å². The molecule has 0 unspecified atom stereocenters. The fraction of sp³-hybridized carbons (Fsp3) is 0.471. The lowest BCUT2D eigenvalue weighted by Gasteiger charge is -2.22. The van der Waals surface area contributed by atoms with Gasteiger partial charge in [0.15, 0.2) is 0 Å². The van der Waals surface area contributed by atoms with Crippen molar-refractivity contribution in [3.05, 3.63) is 34.9 Å². The number of aryl methyl sites for hydroxylation is 1. The highest BCUT2D eigenvalue weighted by Gasteiger charge is 2.17. The summed E-state index contributed by atoms with van der Waals surface area (Å²) in [4.78, 5) is 12.2. The van der Waals surface area contributed by atoms with Crippen LogP contribution in [0.15, 0.2) is 18.2 Å². The van der Waals surface area contributed by atoms with Crippen LogP contribution < -0.4 is 5.32 Å². The SMILES string of the molecule is CCC(C)(C)CNC(=O)c1cc(C)cc(C#CCO)c1. The highest BCUT2D eigenvalue weighted by atomic mass is 16.2. The molecule has 0 heterocycles. The molecule has 1 aromatic rings. The van der Waals surface area contributed by atoms with E-state index in [9.17, 15) is 4.79 Å². The number of aliphatic hydroxyl groups is 1. The minimum Gasteiger partial charge on any atom is -0.384 e. The molecule has 0 aliphatic heterocycles. The maximum Gasteiger partial charge on any atom is 0.251 e. The van der Waals surface area contributed by atoms with Crippen LogP contribution in [0.1, 0.15) is 48.7 Å². The smallest absolute Gasteiger partial charge is 0.251 e. The molecule has 0 aliphatic carbocycles. The van der Waals surface area contributed by atoms with Gasteiger partial charge in [0, 0.05) is 17.7 Å². The lowest BCUT2D eigenvalue weighted by Crippen LogP contribution is -2.33. The Balaban J connectivity index is 2.85. The first-order valence-electron chi connectivity index (χ1n) is 6.87. The van der Waals surface area contributed by atoms with Crippen molar-refractivity contribution in [2.45, 2.75) is 34.1 Å². The van der Waals surface area contributed by atoms with E-state index in [1.165, 1.54) is 0 Å². The molecule has 0 saturated heterocycles. The summed E-state index contributed by atoms with van der Waals surface area (Å²) in [5.74, 6) is 5.35. The van der Waals surface area contributed by atoms with Gasteiger partial charge in [-0.3, -0.25) is 4.79 Å². The summed E-state index contributed by atoms with van der Waals surface area (Å²) in [5, 5.41) is 11.7. The van der Waals surface area contributed by atoms with Crippen molar-refractivity contribution in [3.8, 4) is 11.8 Å². The fourth-order valence-electron chi connectivity index (χ4n) is 1.67. The molecule has 0 atom stereocenters. The summed E-state index contributed by atoms with van der Waals surface area (Å²) < 4.78 is 0. The molecule has 0 aromatic heterocycles. The number of hydrogen-bond donors (Lipinski definition) is 2. The molecule has 0 spiro atoms. The number of carbonyl (C=O) groups excluding carboxylic acids is 1. The predicted molar refractivity (Wildman–Crippen MR) is 81.5 cm³/mol. The van der Waals surface area contributed by atoms with E-state index in [2.05, 4.69) is 37.9 Å². The molecule has 3 heteroatoms. The van der Waals surface area contributed by atoms with Gasteiger partial charge in [0.25, 0.3) is 5.91 Å². The van der Waals surface area contributed by atoms with Crippen molar-refractivity contribution >= 4 is 5.91 Å². The van der Waals surface area contributed by atoms with Crippen LogP contribution in [0, 0.1) is 24.2 Å². The van der Waals surface area contributed by atoms with Crippen LogP contribution >= 0.6 is 0 Å². The number of aliphatic hydroxyl groups excluding tert-OH is 1. The molecule has 108 valence electrons. The van der Waals surface area contributed by atoms with E-state index >= 15 is 0 Å². The molecule has 1 aromatic carbocycles. The quantitative estimate of drug-likeness (QED) is 0.828. The van der Waals surface area contributed by atoms with E-state index in [1.807, 2.05) is 19.1 Å². The second-order valence-corrected chi connectivity index (χ2v) is 5.75. The Morgan fingerprint density at radius 1 is 1.35 bits per heavy atom. The van der Waals surface area contributed by atoms with Crippen molar-refractivity contribution in [2.75, 3.05) is 13.2 Å². The van der Waals surface area contributed by atoms with Gasteiger partial charge in [-0.05, 0) is 42.5 Å². The first kappa shape index (κ1) is 16.3. The first-order chi connectivity index (χ1) is 9.38. The number of hydrogen-bond acceptors (Lipinski definition) is 2. The molecule has 2 N–H and O–H groups in total. The second kappa shape index (κ2) is 7.12. The number of nitrogens with one attached hydrogen (secondary N) is 1. The van der Waals surface area contributed by atoms with Crippen LogP contribution in [-0.2, 0) is 0 Å². The Hall–Kier alpha value is -1.79. The highest BCUT2D eigenvalue weighted by molar-refractivity contribution is 5.94. The Morgan fingerprint density at radius 2 is 2.05 bits per heavy atom. The first-order valence-corrected chi connectivity index (χ1v) is 6.87. The normalized spacial score (nSPS) is 10.7. The fourth-order valence-corrected chi connectivity index (χ4v) is 1.67. The zero-order valence-electron chi connectivity index (χ0n) is 12.7. The molecule has 0 radical (unpaired) electrons. The van der Waals surface area contributed by atoms with Crippen molar-refractivity contribution in [1.29, 1.82) is 0 Å². The van der Waals surface area contributed by atoms with Crippen LogP contribution in [0.4, 0.5) is 0 Å². The number of carbonyl (C=O) groups is 1. The summed E-state index contributed by atoms with van der Waals surface area (Å²) in [7, 11) is 0. The van der Waals surface area contributed by atoms with Crippen molar-refractivity contribution in [1.82, 2.24) is 5.32 Å². The average molecular weight is 273 g/mol. The summed E-state index contributed by atoms with van der Waals surface area (Å²) in [5.41, 5.74) is 2.44. The number of rotatable bonds is 4. The van der Waals surface area contributed by atoms with Crippen LogP contribution in [0.2, 0.25) is 0 Å². The maximum atomic E-state index is 12.2. The van der Waals surface area contributed by atoms with Gasteiger partial charge in [-0.2, -0.15) is 0 Å². The standard InChI is InChI=1S/C17H23NO2/c1-5-17(3,4)12-18-16(20)15-10-13(2)9-14(11-15)7-6-8-19/h9-11,19H,5,8,12H2,1-4H3,(H,18,20). The summed E-state index contributed by atoms with van der Waals surface area (Å²) in [6, 6.07) is 5.50. The van der Waals surface area contributed by atoms with Crippen molar-refractivity contribution in [3.63, 3.8) is 0 Å². The lowest BCUT2D eigenvalue weighted by molar-refractivity contribution is 0.0935. The topological polar surface area (TPSA) is 49.3 Å². The predicted octanol–water partition coefficient (Wildman–Crippen LogP) is 2.50. The van der Waals surface area contributed by atoms with Crippen LogP contribution in [-0.4, -0.2) is 24.2 Å². The molecular weight excluding hydrogens is 250 g/mol. The summed E-state index contributed by atoms with van der Waals surface area (Å²) in [6.45, 7) is 8.76. The summed E-state index contributed by atoms with van der Waals surface area (Å²) >= 11 is 0. The van der Waals surface area contributed by atoms with E-state index in [0.29, 0.717) is 12.1 Å². The second-order valence-electron chi connectivity index (χ2n) is 5.75. The molecule has 1 rings (SSSR count). The van der Waals surface area contributed by atoms with Gasteiger partial charge in [-0.25, -0.2) is 0 Å². The minimum absolute atomic E-state index is 0.0812. The Labute approximate surface area is 121 Å². The number of amides is 1. The molecule has 3 nitrogen and oxygen atoms in total. The largest absolute Gasteiger partial charge is 0.384 e. The Bertz CT molecular complexity index is 536. The van der Waals surface area contributed by atoms with E-state index in [1.54, 1.807) is 6.07 Å². The third-order valence-corrected chi connectivity index (χ3v) is 3.34. The molecule has 0 aliphatic rings. The van der Waals surface area contributed by atoms with Gasteiger partial charge >= 0.3 is 0 Å². The van der Waals surface area contributed by atoms with E-state index in [-0.39, 0.29) is 17.9 Å². The van der Waals surface area contributed by atoms with E-state index in [0.717, 1.165) is 17.5 Å². The third kappa shape index (κ3) is 5.07. The van der Waals surface area contributed by atoms with Crippen molar-refractivity contribution in [2.24, 2.45) is 5.41 Å². The molecule has 1 amide bonds. The van der Waals surface area contributed by atoms with Gasteiger partial charge < -0.3 is 10.4 Å². The molecule has 0 bridgehead atoms. The van der Waals surface area contributed by atoms with Crippen molar-refractivity contribution < 1.29 is 9.90 Å².